The van der Waals surface area contributed by atoms with Gasteiger partial charge < -0.3 is 15.4 Å². The van der Waals surface area contributed by atoms with Crippen molar-refractivity contribution < 1.29 is 14.7 Å². The maximum atomic E-state index is 12.5. The molecule has 24 heavy (non-hydrogen) atoms. The molecule has 0 bridgehead atoms. The quantitative estimate of drug-likeness (QED) is 0.692. The Hall–Kier alpha value is -2.82. The van der Waals surface area contributed by atoms with Gasteiger partial charge in [0.05, 0.1) is 5.92 Å². The second-order valence-electron chi connectivity index (χ2n) is 6.45. The van der Waals surface area contributed by atoms with Crippen molar-refractivity contribution in [2.24, 2.45) is 5.92 Å². The van der Waals surface area contributed by atoms with Crippen molar-refractivity contribution in [3.8, 4) is 0 Å². The molecule has 1 fully saturated rings. The maximum absolute atomic E-state index is 12.5. The van der Waals surface area contributed by atoms with Crippen LogP contribution in [-0.2, 0) is 4.79 Å². The molecule has 0 aliphatic heterocycles. The van der Waals surface area contributed by atoms with Gasteiger partial charge in [0, 0.05) is 16.9 Å². The number of rotatable bonds is 3. The lowest BCUT2D eigenvalue weighted by molar-refractivity contribution is -0.141. The molecule has 3 aromatic rings. The van der Waals surface area contributed by atoms with E-state index in [1.54, 1.807) is 0 Å². The standard InChI is InChI=1S/C19H18N2O3/c22-18(20-13-7-5-12(9-13)19(23)24)17-10-15-14-4-2-1-3-11(14)6-8-16(15)21-17/h1-4,6,8,10,12-13,21H,5,7,9H2,(H,20,22)(H,23,24)/t12-,13+/m1/s1. The highest BCUT2D eigenvalue weighted by molar-refractivity contribution is 6.09. The summed E-state index contributed by atoms with van der Waals surface area (Å²) in [5.74, 6) is -1.29. The van der Waals surface area contributed by atoms with E-state index in [0.717, 1.165) is 21.7 Å². The molecule has 0 unspecified atom stereocenters. The van der Waals surface area contributed by atoms with Crippen LogP contribution in [0.3, 0.4) is 0 Å². The number of carbonyl (C=O) groups is 2. The van der Waals surface area contributed by atoms with Gasteiger partial charge in [0.1, 0.15) is 5.69 Å². The van der Waals surface area contributed by atoms with E-state index in [9.17, 15) is 9.59 Å². The van der Waals surface area contributed by atoms with Crippen LogP contribution in [0.25, 0.3) is 21.7 Å². The normalized spacial score (nSPS) is 20.5. The first-order valence-corrected chi connectivity index (χ1v) is 8.16. The van der Waals surface area contributed by atoms with Crippen molar-refractivity contribution in [1.29, 1.82) is 0 Å². The largest absolute Gasteiger partial charge is 0.481 e. The summed E-state index contributed by atoms with van der Waals surface area (Å²) < 4.78 is 0. The predicted molar refractivity (Wildman–Crippen MR) is 92.0 cm³/mol. The van der Waals surface area contributed by atoms with Crippen LogP contribution in [-0.4, -0.2) is 28.0 Å². The molecule has 5 heteroatoms. The number of H-pyrrole nitrogens is 1. The van der Waals surface area contributed by atoms with E-state index in [1.165, 1.54) is 0 Å². The second kappa shape index (κ2) is 5.67. The van der Waals surface area contributed by atoms with Crippen molar-refractivity contribution in [2.45, 2.75) is 25.3 Å². The van der Waals surface area contributed by atoms with Crippen LogP contribution in [0, 0.1) is 5.92 Å². The molecule has 0 radical (unpaired) electrons. The fourth-order valence-corrected chi connectivity index (χ4v) is 3.61. The smallest absolute Gasteiger partial charge is 0.306 e. The fourth-order valence-electron chi connectivity index (χ4n) is 3.61. The topological polar surface area (TPSA) is 82.2 Å². The fraction of sp³-hybridized carbons (Fsp3) is 0.263. The van der Waals surface area contributed by atoms with Gasteiger partial charge >= 0.3 is 5.97 Å². The molecule has 1 aliphatic carbocycles. The molecule has 4 rings (SSSR count). The van der Waals surface area contributed by atoms with Gasteiger partial charge in [0.2, 0.25) is 0 Å². The number of hydrogen-bond acceptors (Lipinski definition) is 2. The number of fused-ring (bicyclic) bond motifs is 3. The number of aromatic amines is 1. The van der Waals surface area contributed by atoms with E-state index in [0.29, 0.717) is 25.0 Å². The molecule has 122 valence electrons. The zero-order valence-corrected chi connectivity index (χ0v) is 13.1. The molecule has 5 nitrogen and oxygen atoms in total. The molecule has 2 atom stereocenters. The second-order valence-corrected chi connectivity index (χ2v) is 6.45. The van der Waals surface area contributed by atoms with Crippen molar-refractivity contribution >= 4 is 33.6 Å². The van der Waals surface area contributed by atoms with E-state index < -0.39 is 5.97 Å². The summed E-state index contributed by atoms with van der Waals surface area (Å²) in [7, 11) is 0. The van der Waals surface area contributed by atoms with E-state index in [-0.39, 0.29) is 17.9 Å². The van der Waals surface area contributed by atoms with Crippen LogP contribution >= 0.6 is 0 Å². The number of carbonyl (C=O) groups excluding carboxylic acids is 1. The first-order chi connectivity index (χ1) is 11.6. The van der Waals surface area contributed by atoms with Crippen molar-refractivity contribution in [2.75, 3.05) is 0 Å². The Morgan fingerprint density at radius 1 is 1.08 bits per heavy atom. The first-order valence-electron chi connectivity index (χ1n) is 8.16. The number of carboxylic acid groups (broad SMARTS) is 1. The van der Waals surface area contributed by atoms with Crippen molar-refractivity contribution in [3.05, 3.63) is 48.2 Å². The third-order valence-corrected chi connectivity index (χ3v) is 4.89. The lowest BCUT2D eigenvalue weighted by atomic mass is 10.1. The summed E-state index contributed by atoms with van der Waals surface area (Å²) in [6.45, 7) is 0. The highest BCUT2D eigenvalue weighted by atomic mass is 16.4. The van der Waals surface area contributed by atoms with Gasteiger partial charge in [-0.1, -0.05) is 30.3 Å². The lowest BCUT2D eigenvalue weighted by Gasteiger charge is -2.11. The minimum Gasteiger partial charge on any atom is -0.481 e. The Morgan fingerprint density at radius 2 is 1.92 bits per heavy atom. The number of aromatic nitrogens is 1. The van der Waals surface area contributed by atoms with Gasteiger partial charge in [-0.05, 0) is 42.2 Å². The Labute approximate surface area is 138 Å². The van der Waals surface area contributed by atoms with Crippen LogP contribution in [0.4, 0.5) is 0 Å². The first kappa shape index (κ1) is 14.8. The summed E-state index contributed by atoms with van der Waals surface area (Å²) in [6, 6.07) is 13.9. The van der Waals surface area contributed by atoms with Gasteiger partial charge in [0.25, 0.3) is 5.91 Å². The lowest BCUT2D eigenvalue weighted by Crippen LogP contribution is -2.33. The molecule has 1 aliphatic rings. The summed E-state index contributed by atoms with van der Waals surface area (Å²) in [4.78, 5) is 26.7. The zero-order chi connectivity index (χ0) is 16.7. The number of hydrogen-bond donors (Lipinski definition) is 3. The van der Waals surface area contributed by atoms with Gasteiger partial charge in [-0.25, -0.2) is 0 Å². The van der Waals surface area contributed by atoms with Crippen LogP contribution in [0.15, 0.2) is 42.5 Å². The SMILES string of the molecule is O=C(N[C@H]1CC[C@@H](C(=O)O)C1)c1cc2c(ccc3ccccc32)[nH]1. The average Bonchev–Trinajstić information content (AvgIpc) is 3.21. The van der Waals surface area contributed by atoms with Crippen LogP contribution in [0.1, 0.15) is 29.8 Å². The van der Waals surface area contributed by atoms with Gasteiger partial charge in [0.15, 0.2) is 0 Å². The number of carboxylic acids is 1. The molecule has 0 saturated heterocycles. The zero-order valence-electron chi connectivity index (χ0n) is 13.1. The molecular weight excluding hydrogens is 304 g/mol. The minimum absolute atomic E-state index is 0.0678. The summed E-state index contributed by atoms with van der Waals surface area (Å²) >= 11 is 0. The number of benzene rings is 2. The van der Waals surface area contributed by atoms with Gasteiger partial charge in [-0.15, -0.1) is 0 Å². The van der Waals surface area contributed by atoms with Crippen LogP contribution < -0.4 is 5.32 Å². The van der Waals surface area contributed by atoms with Crippen molar-refractivity contribution in [1.82, 2.24) is 10.3 Å². The summed E-state index contributed by atoms with van der Waals surface area (Å²) in [5, 5.41) is 15.3. The molecule has 1 saturated carbocycles. The monoisotopic (exact) mass is 322 g/mol. The minimum atomic E-state index is -0.774. The molecular formula is C19H18N2O3. The van der Waals surface area contributed by atoms with E-state index in [4.69, 9.17) is 5.11 Å². The molecule has 1 amide bonds. The Balaban J connectivity index is 1.59. The Morgan fingerprint density at radius 3 is 2.71 bits per heavy atom. The van der Waals surface area contributed by atoms with Gasteiger partial charge in [-0.2, -0.15) is 0 Å². The third-order valence-electron chi connectivity index (χ3n) is 4.89. The highest BCUT2D eigenvalue weighted by Gasteiger charge is 2.30. The maximum Gasteiger partial charge on any atom is 0.306 e. The third kappa shape index (κ3) is 2.52. The molecule has 1 heterocycles. The van der Waals surface area contributed by atoms with E-state index >= 15 is 0 Å². The summed E-state index contributed by atoms with van der Waals surface area (Å²) in [5.41, 5.74) is 1.44. The Bertz CT molecular complexity index is 944. The van der Waals surface area contributed by atoms with E-state index in [1.807, 2.05) is 42.5 Å². The predicted octanol–water partition coefficient (Wildman–Crippen LogP) is 3.30. The average molecular weight is 322 g/mol. The number of aliphatic carboxylic acids is 1. The molecule has 3 N–H and O–H groups in total. The highest BCUT2D eigenvalue weighted by Crippen LogP contribution is 2.28. The Kier molecular flexibility index (Phi) is 3.49. The summed E-state index contributed by atoms with van der Waals surface area (Å²) in [6.07, 6.45) is 1.84. The molecule has 1 aromatic heterocycles. The van der Waals surface area contributed by atoms with Crippen LogP contribution in [0.2, 0.25) is 0 Å². The molecule has 0 spiro atoms. The van der Waals surface area contributed by atoms with Crippen molar-refractivity contribution in [3.63, 3.8) is 0 Å². The van der Waals surface area contributed by atoms with Crippen LogP contribution in [0.5, 0.6) is 0 Å². The molecule has 2 aromatic carbocycles. The number of amides is 1. The van der Waals surface area contributed by atoms with Gasteiger partial charge in [-0.3, -0.25) is 9.59 Å². The number of nitrogens with one attached hydrogen (secondary N) is 2. The van der Waals surface area contributed by atoms with E-state index in [2.05, 4.69) is 10.3 Å².